The van der Waals surface area contributed by atoms with E-state index in [4.69, 9.17) is 9.41 Å². The summed E-state index contributed by atoms with van der Waals surface area (Å²) in [6, 6.07) is 64.3. The van der Waals surface area contributed by atoms with Crippen LogP contribution in [0.2, 0.25) is 0 Å². The van der Waals surface area contributed by atoms with Gasteiger partial charge in [0.2, 0.25) is 0 Å². The summed E-state index contributed by atoms with van der Waals surface area (Å²) < 4.78 is 6.34. The topological polar surface area (TPSA) is 40.8 Å². The molecule has 11 rings (SSSR count). The Morgan fingerprint density at radius 3 is 2.16 bits per heavy atom. The van der Waals surface area contributed by atoms with Crippen molar-refractivity contribution >= 4 is 73.5 Å². The van der Waals surface area contributed by atoms with Gasteiger partial charge < -0.3 is 14.6 Å². The molecule has 0 radical (unpaired) electrons. The Morgan fingerprint density at radius 2 is 1.21 bits per heavy atom. The first-order chi connectivity index (χ1) is 27.7. The lowest BCUT2D eigenvalue weighted by atomic mass is 9.95. The number of amidine groups is 1. The fraction of sp³-hybridized carbons (Fsp3) is 0.0192. The number of fused-ring (bicyclic) bond motifs is 6. The van der Waals surface area contributed by atoms with Crippen LogP contribution in [0.5, 0.6) is 0 Å². The zero-order chi connectivity index (χ0) is 37.0. The molecule has 4 nitrogen and oxygen atoms in total. The lowest BCUT2D eigenvalue weighted by Crippen LogP contribution is -2.31. The summed E-state index contributed by atoms with van der Waals surface area (Å²) in [5, 5.41) is 8.43. The molecule has 2 aliphatic rings. The first-order valence-corrected chi connectivity index (χ1v) is 19.1. The Hall–Kier alpha value is -7.43. The van der Waals surface area contributed by atoms with Crippen LogP contribution in [0, 0.1) is 0 Å². The van der Waals surface area contributed by atoms with Gasteiger partial charge in [0, 0.05) is 27.6 Å². The van der Waals surface area contributed by atoms with Crippen molar-refractivity contribution in [2.75, 3.05) is 4.90 Å². The third-order valence-corrected chi connectivity index (χ3v) is 11.0. The Balaban J connectivity index is 1.01. The molecule has 264 valence electrons. The summed E-state index contributed by atoms with van der Waals surface area (Å²) in [5.74, 6) is 0.826. The van der Waals surface area contributed by atoms with Crippen LogP contribution in [0.1, 0.15) is 33.9 Å². The van der Waals surface area contributed by atoms with Gasteiger partial charge in [-0.3, -0.25) is 0 Å². The quantitative estimate of drug-likeness (QED) is 0.193. The maximum absolute atomic E-state index is 6.34. The predicted molar refractivity (Wildman–Crippen MR) is 234 cm³/mol. The van der Waals surface area contributed by atoms with Crippen LogP contribution in [0.3, 0.4) is 0 Å². The summed E-state index contributed by atoms with van der Waals surface area (Å²) in [6.07, 6.45) is 6.71. The van der Waals surface area contributed by atoms with E-state index in [1.807, 2.05) is 12.1 Å². The van der Waals surface area contributed by atoms with Gasteiger partial charge in [0.25, 0.3) is 0 Å². The van der Waals surface area contributed by atoms with Gasteiger partial charge in [0.05, 0.1) is 23.1 Å². The standard InChI is InChI=1S/C52H35N3O/c1-2-17-41(18-3-1)55-48-22-8-5-13-35(48)24-25-39-30-37(27-29-49(39)55)36-15-10-16-40(31-36)52-53-46(33-47(54-52)43-21-11-14-34-12-4-6-19-42(34)43)38-26-28-45-44-20-7-9-23-50(44)56-51(45)32-38/h1-33,46H,(H,53,54). The second-order valence-corrected chi connectivity index (χ2v) is 14.4. The van der Waals surface area contributed by atoms with Gasteiger partial charge in [-0.1, -0.05) is 146 Å². The van der Waals surface area contributed by atoms with E-state index in [2.05, 4.69) is 198 Å². The van der Waals surface area contributed by atoms with Crippen LogP contribution in [0.4, 0.5) is 17.1 Å². The minimum atomic E-state index is -0.138. The number of hydrogen-bond acceptors (Lipinski definition) is 4. The summed E-state index contributed by atoms with van der Waals surface area (Å²) in [5.41, 5.74) is 14.0. The van der Waals surface area contributed by atoms with Crippen molar-refractivity contribution in [1.82, 2.24) is 5.32 Å². The number of nitrogens with zero attached hydrogens (tertiary/aromatic N) is 2. The van der Waals surface area contributed by atoms with E-state index >= 15 is 0 Å². The van der Waals surface area contributed by atoms with Gasteiger partial charge in [-0.05, 0) is 93.2 Å². The van der Waals surface area contributed by atoms with E-state index in [1.165, 1.54) is 16.3 Å². The monoisotopic (exact) mass is 717 g/mol. The van der Waals surface area contributed by atoms with Crippen LogP contribution in [0.25, 0.3) is 61.7 Å². The second kappa shape index (κ2) is 13.2. The number of hydrogen-bond donors (Lipinski definition) is 1. The first kappa shape index (κ1) is 32.0. The van der Waals surface area contributed by atoms with Gasteiger partial charge in [-0.25, -0.2) is 4.99 Å². The van der Waals surface area contributed by atoms with Crippen LogP contribution in [0.15, 0.2) is 197 Å². The average molecular weight is 718 g/mol. The molecule has 9 aromatic rings. The van der Waals surface area contributed by atoms with Gasteiger partial charge >= 0.3 is 0 Å². The van der Waals surface area contributed by atoms with Crippen molar-refractivity contribution < 1.29 is 4.42 Å². The Morgan fingerprint density at radius 1 is 0.500 bits per heavy atom. The molecular weight excluding hydrogens is 683 g/mol. The van der Waals surface area contributed by atoms with E-state index in [1.54, 1.807) is 0 Å². The molecule has 0 saturated carbocycles. The van der Waals surface area contributed by atoms with Gasteiger partial charge in [-0.2, -0.15) is 0 Å². The van der Waals surface area contributed by atoms with Crippen molar-refractivity contribution in [1.29, 1.82) is 0 Å². The molecule has 1 N–H and O–H groups in total. The Kier molecular flexibility index (Phi) is 7.52. The molecule has 1 atom stereocenters. The third kappa shape index (κ3) is 5.50. The normalized spacial score (nSPS) is 14.9. The highest BCUT2D eigenvalue weighted by molar-refractivity contribution is 6.07. The zero-order valence-electron chi connectivity index (χ0n) is 30.4. The fourth-order valence-electron chi connectivity index (χ4n) is 8.31. The summed E-state index contributed by atoms with van der Waals surface area (Å²) in [7, 11) is 0. The van der Waals surface area contributed by atoms with Crippen LogP contribution < -0.4 is 10.2 Å². The average Bonchev–Trinajstić information content (AvgIpc) is 3.55. The van der Waals surface area contributed by atoms with Crippen LogP contribution in [-0.4, -0.2) is 5.84 Å². The summed E-state index contributed by atoms with van der Waals surface area (Å²) in [6.45, 7) is 0. The van der Waals surface area contributed by atoms with Crippen LogP contribution in [-0.2, 0) is 0 Å². The molecule has 0 fully saturated rings. The van der Waals surface area contributed by atoms with Crippen molar-refractivity contribution in [3.05, 3.63) is 216 Å². The molecule has 0 spiro atoms. The van der Waals surface area contributed by atoms with E-state index < -0.39 is 0 Å². The summed E-state index contributed by atoms with van der Waals surface area (Å²) >= 11 is 0. The SMILES string of the molecule is C1=Cc2cc(-c3cccc(C4=NC(c5cccc6ccccc56)=CC(c5ccc6c(c5)oc5ccccc56)N4)c3)ccc2N(c2ccccc2)c2ccccc21. The van der Waals surface area contributed by atoms with Crippen molar-refractivity contribution in [2.24, 2.45) is 4.99 Å². The number of benzene rings is 8. The van der Waals surface area contributed by atoms with Gasteiger partial charge in [0.1, 0.15) is 17.0 Å². The minimum Gasteiger partial charge on any atom is -0.456 e. The molecule has 56 heavy (non-hydrogen) atoms. The van der Waals surface area contributed by atoms with Gasteiger partial charge in [0.15, 0.2) is 0 Å². The molecule has 1 unspecified atom stereocenters. The fourth-order valence-corrected chi connectivity index (χ4v) is 8.31. The lowest BCUT2D eigenvalue weighted by Gasteiger charge is -2.27. The van der Waals surface area contributed by atoms with E-state index in [9.17, 15) is 0 Å². The summed E-state index contributed by atoms with van der Waals surface area (Å²) in [4.78, 5) is 7.71. The number of nitrogens with one attached hydrogen (secondary N) is 1. The number of anilines is 3. The highest BCUT2D eigenvalue weighted by atomic mass is 16.3. The van der Waals surface area contributed by atoms with Crippen molar-refractivity contribution in [3.63, 3.8) is 0 Å². The smallest absolute Gasteiger partial charge is 0.135 e. The largest absolute Gasteiger partial charge is 0.456 e. The maximum atomic E-state index is 6.34. The molecule has 2 aliphatic heterocycles. The number of aliphatic imine (C=N–C) groups is 1. The van der Waals surface area contributed by atoms with Gasteiger partial charge in [-0.15, -0.1) is 0 Å². The number of rotatable bonds is 5. The van der Waals surface area contributed by atoms with Crippen molar-refractivity contribution in [2.45, 2.75) is 6.04 Å². The molecule has 3 heterocycles. The first-order valence-electron chi connectivity index (χ1n) is 19.1. The van der Waals surface area contributed by atoms with Crippen LogP contribution >= 0.6 is 0 Å². The lowest BCUT2D eigenvalue weighted by molar-refractivity contribution is 0.666. The third-order valence-electron chi connectivity index (χ3n) is 11.0. The Labute approximate surface area is 325 Å². The van der Waals surface area contributed by atoms with E-state index in [0.717, 1.165) is 83.9 Å². The number of furan rings is 1. The minimum absolute atomic E-state index is 0.138. The maximum Gasteiger partial charge on any atom is 0.135 e. The zero-order valence-corrected chi connectivity index (χ0v) is 30.4. The highest BCUT2D eigenvalue weighted by Crippen LogP contribution is 2.43. The molecule has 0 bridgehead atoms. The van der Waals surface area contributed by atoms with E-state index in [0.29, 0.717) is 0 Å². The molecule has 0 aliphatic carbocycles. The molecule has 0 amide bonds. The van der Waals surface area contributed by atoms with E-state index in [-0.39, 0.29) is 6.04 Å². The molecule has 1 aromatic heterocycles. The molecular formula is C52H35N3O. The predicted octanol–water partition coefficient (Wildman–Crippen LogP) is 13.5. The highest BCUT2D eigenvalue weighted by Gasteiger charge is 2.23. The second-order valence-electron chi connectivity index (χ2n) is 14.4. The molecule has 0 saturated heterocycles. The molecule has 4 heteroatoms. The number of para-hydroxylation sites is 3. The van der Waals surface area contributed by atoms with Crippen molar-refractivity contribution in [3.8, 4) is 11.1 Å². The Bertz CT molecular complexity index is 3070. The molecule has 8 aromatic carbocycles.